The molecule has 1 aromatic carbocycles. The average molecular weight is 394 g/mol. The molecule has 3 heterocycles. The third kappa shape index (κ3) is 3.78. The highest BCUT2D eigenvalue weighted by atomic mass is 16.5. The highest BCUT2D eigenvalue weighted by Crippen LogP contribution is 2.34. The molecule has 3 aromatic rings. The smallest absolute Gasteiger partial charge is 0.264 e. The second-order valence-corrected chi connectivity index (χ2v) is 7.13. The van der Waals surface area contributed by atoms with Gasteiger partial charge in [0.15, 0.2) is 5.76 Å². The van der Waals surface area contributed by atoms with Crippen LogP contribution in [0.2, 0.25) is 0 Å². The Morgan fingerprint density at radius 1 is 1.24 bits per heavy atom. The minimum Gasteiger partial charge on any atom is -0.496 e. The third-order valence-electron chi connectivity index (χ3n) is 5.24. The van der Waals surface area contributed by atoms with E-state index in [0.717, 1.165) is 24.2 Å². The first-order chi connectivity index (χ1) is 14.1. The summed E-state index contributed by atoms with van der Waals surface area (Å²) in [5, 5.41) is 10.7. The van der Waals surface area contributed by atoms with Crippen molar-refractivity contribution in [1.29, 1.82) is 0 Å². The van der Waals surface area contributed by atoms with E-state index >= 15 is 0 Å². The molecule has 29 heavy (non-hydrogen) atoms. The molecule has 0 atom stereocenters. The Kier molecular flexibility index (Phi) is 5.16. The van der Waals surface area contributed by atoms with E-state index in [4.69, 9.17) is 9.26 Å². The van der Waals surface area contributed by atoms with E-state index in [1.807, 2.05) is 24.0 Å². The summed E-state index contributed by atoms with van der Waals surface area (Å²) in [7, 11) is 1.56. The first-order valence-electron chi connectivity index (χ1n) is 9.52. The predicted molar refractivity (Wildman–Crippen MR) is 106 cm³/mol. The molecule has 150 valence electrons. The Bertz CT molecular complexity index is 1080. The number of methoxy groups -OCH3 is 1. The van der Waals surface area contributed by atoms with E-state index in [1.54, 1.807) is 25.3 Å². The lowest BCUT2D eigenvalue weighted by atomic mass is 9.89. The topological polar surface area (TPSA) is 101 Å². The standard InChI is InChI=1S/C21H22N4O4/c1-13-11-18(29-24-13)16-12-19(26)22-23-20(16)14-7-9-25(10-8-14)21(27)15-5-3-4-6-17(15)28-2/h3-6,11-12,14H,7-10H2,1-2H3,(H,22,26). The van der Waals surface area contributed by atoms with Crippen LogP contribution in [0.4, 0.5) is 0 Å². The van der Waals surface area contributed by atoms with Crippen molar-refractivity contribution >= 4 is 5.91 Å². The Hall–Kier alpha value is -3.42. The molecule has 0 bridgehead atoms. The molecule has 0 radical (unpaired) electrons. The molecule has 1 aliphatic rings. The summed E-state index contributed by atoms with van der Waals surface area (Å²) in [5.74, 6) is 1.17. The normalized spacial score (nSPS) is 14.8. The first-order valence-corrected chi connectivity index (χ1v) is 9.52. The monoisotopic (exact) mass is 394 g/mol. The van der Waals surface area contributed by atoms with E-state index in [-0.39, 0.29) is 17.4 Å². The maximum absolute atomic E-state index is 12.9. The maximum Gasteiger partial charge on any atom is 0.264 e. The molecule has 1 fully saturated rings. The number of hydrogen-bond acceptors (Lipinski definition) is 6. The SMILES string of the molecule is COc1ccccc1C(=O)N1CCC(c2n[nH]c(=O)cc2-c2cc(C)no2)CC1. The van der Waals surface area contributed by atoms with Gasteiger partial charge in [-0.15, -0.1) is 0 Å². The second kappa shape index (κ2) is 7.90. The van der Waals surface area contributed by atoms with Crippen LogP contribution in [-0.2, 0) is 0 Å². The van der Waals surface area contributed by atoms with Crippen LogP contribution in [0, 0.1) is 6.92 Å². The van der Waals surface area contributed by atoms with Crippen molar-refractivity contribution in [2.45, 2.75) is 25.7 Å². The van der Waals surface area contributed by atoms with E-state index in [1.165, 1.54) is 6.07 Å². The maximum atomic E-state index is 12.9. The number of para-hydroxylation sites is 1. The van der Waals surface area contributed by atoms with Gasteiger partial charge in [-0.1, -0.05) is 17.3 Å². The highest BCUT2D eigenvalue weighted by Gasteiger charge is 2.29. The van der Waals surface area contributed by atoms with Crippen molar-refractivity contribution in [3.8, 4) is 17.1 Å². The van der Waals surface area contributed by atoms with Gasteiger partial charge in [-0.3, -0.25) is 9.59 Å². The van der Waals surface area contributed by atoms with Crippen molar-refractivity contribution in [1.82, 2.24) is 20.3 Å². The van der Waals surface area contributed by atoms with Gasteiger partial charge in [-0.25, -0.2) is 5.10 Å². The van der Waals surface area contributed by atoms with Crippen molar-refractivity contribution in [2.75, 3.05) is 20.2 Å². The van der Waals surface area contributed by atoms with E-state index in [9.17, 15) is 9.59 Å². The van der Waals surface area contributed by atoms with Gasteiger partial charge >= 0.3 is 0 Å². The van der Waals surface area contributed by atoms with E-state index < -0.39 is 0 Å². The molecule has 1 saturated heterocycles. The van der Waals surface area contributed by atoms with Gasteiger partial charge in [0.25, 0.3) is 11.5 Å². The number of H-pyrrole nitrogens is 1. The number of aromatic amines is 1. The van der Waals surface area contributed by atoms with Gasteiger partial charge in [0.2, 0.25) is 0 Å². The third-order valence-corrected chi connectivity index (χ3v) is 5.24. The fraction of sp³-hybridized carbons (Fsp3) is 0.333. The van der Waals surface area contributed by atoms with Crippen LogP contribution in [0.3, 0.4) is 0 Å². The summed E-state index contributed by atoms with van der Waals surface area (Å²) in [4.78, 5) is 26.6. The summed E-state index contributed by atoms with van der Waals surface area (Å²) in [6.07, 6.45) is 1.47. The number of nitrogens with zero attached hydrogens (tertiary/aromatic N) is 3. The fourth-order valence-corrected chi connectivity index (χ4v) is 3.76. The summed E-state index contributed by atoms with van der Waals surface area (Å²) in [6.45, 7) is 3.02. The predicted octanol–water partition coefficient (Wildman–Crippen LogP) is 2.76. The fourth-order valence-electron chi connectivity index (χ4n) is 3.76. The first kappa shape index (κ1) is 18.9. The number of ether oxygens (including phenoxy) is 1. The van der Waals surface area contributed by atoms with Crippen molar-refractivity contribution < 1.29 is 14.1 Å². The molecule has 0 saturated carbocycles. The van der Waals surface area contributed by atoms with Gasteiger partial charge in [-0.2, -0.15) is 5.10 Å². The molecule has 0 aliphatic carbocycles. The summed E-state index contributed by atoms with van der Waals surface area (Å²) >= 11 is 0. The Labute approximate surface area is 167 Å². The number of nitrogens with one attached hydrogen (secondary N) is 1. The van der Waals surface area contributed by atoms with Crippen LogP contribution in [0.25, 0.3) is 11.3 Å². The lowest BCUT2D eigenvalue weighted by molar-refractivity contribution is 0.0708. The Balaban J connectivity index is 1.53. The quantitative estimate of drug-likeness (QED) is 0.730. The van der Waals surface area contributed by atoms with Gasteiger partial charge < -0.3 is 14.2 Å². The number of aromatic nitrogens is 3. The molecule has 8 heteroatoms. The van der Waals surface area contributed by atoms with Crippen LogP contribution in [0.5, 0.6) is 5.75 Å². The lowest BCUT2D eigenvalue weighted by Gasteiger charge is -2.32. The minimum absolute atomic E-state index is 0.0404. The van der Waals surface area contributed by atoms with Crippen LogP contribution in [0.1, 0.15) is 40.5 Å². The van der Waals surface area contributed by atoms with Crippen molar-refractivity contribution in [3.05, 3.63) is 63.7 Å². The van der Waals surface area contributed by atoms with E-state index in [2.05, 4.69) is 15.4 Å². The van der Waals surface area contributed by atoms with E-state index in [0.29, 0.717) is 35.7 Å². The summed E-state index contributed by atoms with van der Waals surface area (Å²) in [5.41, 5.74) is 2.44. The molecule has 8 nitrogen and oxygen atoms in total. The summed E-state index contributed by atoms with van der Waals surface area (Å²) < 4.78 is 10.7. The number of amides is 1. The molecule has 0 unspecified atom stereocenters. The Morgan fingerprint density at radius 3 is 2.69 bits per heavy atom. The van der Waals surface area contributed by atoms with Gasteiger partial charge in [0, 0.05) is 36.7 Å². The molecule has 1 amide bonds. The van der Waals surface area contributed by atoms with Gasteiger partial charge in [0.1, 0.15) is 5.75 Å². The molecule has 0 spiro atoms. The number of likely N-dealkylation sites (tertiary alicyclic amines) is 1. The molecule has 1 aliphatic heterocycles. The van der Waals surface area contributed by atoms with Gasteiger partial charge in [0.05, 0.1) is 24.1 Å². The number of benzene rings is 1. The Morgan fingerprint density at radius 2 is 2.00 bits per heavy atom. The van der Waals surface area contributed by atoms with Crippen LogP contribution < -0.4 is 10.3 Å². The van der Waals surface area contributed by atoms with Gasteiger partial charge in [-0.05, 0) is 31.9 Å². The molecule has 4 rings (SSSR count). The van der Waals surface area contributed by atoms with Crippen molar-refractivity contribution in [2.24, 2.45) is 0 Å². The largest absolute Gasteiger partial charge is 0.496 e. The second-order valence-electron chi connectivity index (χ2n) is 7.13. The molecule has 2 aromatic heterocycles. The zero-order valence-electron chi connectivity index (χ0n) is 16.3. The number of carbonyl (C=O) groups is 1. The minimum atomic E-state index is -0.290. The number of carbonyl (C=O) groups excluding carboxylic acids is 1. The summed E-state index contributed by atoms with van der Waals surface area (Å²) in [6, 6.07) is 10.5. The number of rotatable bonds is 4. The lowest BCUT2D eigenvalue weighted by Crippen LogP contribution is -2.38. The van der Waals surface area contributed by atoms with Crippen LogP contribution >= 0.6 is 0 Å². The van der Waals surface area contributed by atoms with Crippen LogP contribution in [0.15, 0.2) is 45.7 Å². The molecule has 1 N–H and O–H groups in total. The zero-order valence-corrected chi connectivity index (χ0v) is 16.3. The number of piperidine rings is 1. The molecular weight excluding hydrogens is 372 g/mol. The molecular formula is C21H22N4O4. The number of hydrogen-bond donors (Lipinski definition) is 1. The van der Waals surface area contributed by atoms with Crippen LogP contribution in [-0.4, -0.2) is 46.4 Å². The highest BCUT2D eigenvalue weighted by molar-refractivity contribution is 5.97. The number of aryl methyl sites for hydroxylation is 1. The average Bonchev–Trinajstić information content (AvgIpc) is 3.19. The zero-order chi connectivity index (χ0) is 20.4. The van der Waals surface area contributed by atoms with Crippen molar-refractivity contribution in [3.63, 3.8) is 0 Å².